The van der Waals surface area contributed by atoms with E-state index in [2.05, 4.69) is 15.9 Å². The largest absolute Gasteiger partial charge is 0.207 e. The normalized spacial score (nSPS) is 10.3. The van der Waals surface area contributed by atoms with Gasteiger partial charge < -0.3 is 0 Å². The fraction of sp³-hybridized carbons (Fsp3) is 0.400. The predicted molar refractivity (Wildman–Crippen MR) is 53.1 cm³/mol. The Morgan fingerprint density at radius 2 is 2.08 bits per heavy atom. The van der Waals surface area contributed by atoms with Crippen LogP contribution in [-0.2, 0) is 11.8 Å². The van der Waals surface area contributed by atoms with E-state index in [0.717, 1.165) is 22.9 Å². The van der Waals surface area contributed by atoms with E-state index < -0.39 is 0 Å². The van der Waals surface area contributed by atoms with Gasteiger partial charge in [-0.05, 0) is 42.2 Å². The smallest absolute Gasteiger partial charge is 0.123 e. The zero-order valence-electron chi connectivity index (χ0n) is 7.32. The average molecular weight is 231 g/mol. The Bertz CT molecular complexity index is 281. The summed E-state index contributed by atoms with van der Waals surface area (Å²) in [7, 11) is 0. The monoisotopic (exact) mass is 230 g/mol. The molecule has 0 amide bonds. The Morgan fingerprint density at radius 3 is 2.58 bits per heavy atom. The standard InChI is InChI=1S/C10H12BrF/c1-3-8-5-9(12)4-7(2)10(8)6-11/h4-5H,3,6H2,1-2H3. The third-order valence-electron chi connectivity index (χ3n) is 2.04. The molecule has 0 spiro atoms. The number of hydrogen-bond donors (Lipinski definition) is 0. The van der Waals surface area contributed by atoms with Crippen molar-refractivity contribution in [3.05, 3.63) is 34.6 Å². The van der Waals surface area contributed by atoms with Gasteiger partial charge in [-0.25, -0.2) is 4.39 Å². The van der Waals surface area contributed by atoms with Gasteiger partial charge in [0.25, 0.3) is 0 Å². The summed E-state index contributed by atoms with van der Waals surface area (Å²) < 4.78 is 12.9. The van der Waals surface area contributed by atoms with Crippen molar-refractivity contribution in [2.75, 3.05) is 0 Å². The van der Waals surface area contributed by atoms with Crippen molar-refractivity contribution in [1.29, 1.82) is 0 Å². The molecule has 0 N–H and O–H groups in total. The Balaban J connectivity index is 3.24. The molecule has 12 heavy (non-hydrogen) atoms. The van der Waals surface area contributed by atoms with E-state index >= 15 is 0 Å². The summed E-state index contributed by atoms with van der Waals surface area (Å²) in [5, 5.41) is 0.808. The molecule has 2 heteroatoms. The van der Waals surface area contributed by atoms with Gasteiger partial charge >= 0.3 is 0 Å². The van der Waals surface area contributed by atoms with Crippen LogP contribution in [0.2, 0.25) is 0 Å². The number of aryl methyl sites for hydroxylation is 2. The van der Waals surface area contributed by atoms with Gasteiger partial charge in [0.05, 0.1) is 0 Å². The molecular formula is C10H12BrF. The molecule has 0 radical (unpaired) electrons. The highest BCUT2D eigenvalue weighted by Crippen LogP contribution is 2.19. The van der Waals surface area contributed by atoms with Crippen molar-refractivity contribution in [2.24, 2.45) is 0 Å². The molecule has 0 aliphatic carbocycles. The van der Waals surface area contributed by atoms with E-state index in [1.165, 1.54) is 5.56 Å². The first kappa shape index (κ1) is 9.72. The van der Waals surface area contributed by atoms with Gasteiger partial charge in [0.15, 0.2) is 0 Å². The number of alkyl halides is 1. The topological polar surface area (TPSA) is 0 Å². The molecule has 66 valence electrons. The van der Waals surface area contributed by atoms with Gasteiger partial charge in [0.2, 0.25) is 0 Å². The minimum Gasteiger partial charge on any atom is -0.207 e. The molecule has 0 aliphatic heterocycles. The van der Waals surface area contributed by atoms with Crippen molar-refractivity contribution >= 4 is 15.9 Å². The van der Waals surface area contributed by atoms with Crippen LogP contribution in [0.1, 0.15) is 23.6 Å². The summed E-state index contributed by atoms with van der Waals surface area (Å²) in [6.07, 6.45) is 0.888. The van der Waals surface area contributed by atoms with Gasteiger partial charge in [0, 0.05) is 5.33 Å². The minimum atomic E-state index is -0.131. The van der Waals surface area contributed by atoms with E-state index in [4.69, 9.17) is 0 Å². The lowest BCUT2D eigenvalue weighted by Crippen LogP contribution is -1.95. The highest BCUT2D eigenvalue weighted by Gasteiger charge is 2.04. The number of rotatable bonds is 2. The first-order chi connectivity index (χ1) is 5.69. The van der Waals surface area contributed by atoms with Gasteiger partial charge in [-0.3, -0.25) is 0 Å². The van der Waals surface area contributed by atoms with Crippen LogP contribution in [0.15, 0.2) is 12.1 Å². The number of halogens is 2. The Hall–Kier alpha value is -0.370. The van der Waals surface area contributed by atoms with Gasteiger partial charge in [-0.15, -0.1) is 0 Å². The molecule has 0 nitrogen and oxygen atoms in total. The lowest BCUT2D eigenvalue weighted by molar-refractivity contribution is 0.623. The predicted octanol–water partition coefficient (Wildman–Crippen LogP) is 3.59. The van der Waals surface area contributed by atoms with Crippen LogP contribution < -0.4 is 0 Å². The van der Waals surface area contributed by atoms with Crippen LogP contribution in [0, 0.1) is 12.7 Å². The van der Waals surface area contributed by atoms with E-state index in [1.54, 1.807) is 12.1 Å². The second-order valence-electron chi connectivity index (χ2n) is 2.85. The van der Waals surface area contributed by atoms with Crippen LogP contribution in [0.3, 0.4) is 0 Å². The summed E-state index contributed by atoms with van der Waals surface area (Å²) >= 11 is 3.40. The van der Waals surface area contributed by atoms with E-state index in [9.17, 15) is 4.39 Å². The van der Waals surface area contributed by atoms with Crippen LogP contribution >= 0.6 is 15.9 Å². The zero-order valence-corrected chi connectivity index (χ0v) is 8.91. The molecule has 0 heterocycles. The Kier molecular flexibility index (Phi) is 3.27. The van der Waals surface area contributed by atoms with Crippen molar-refractivity contribution in [2.45, 2.75) is 25.6 Å². The molecule has 0 bridgehead atoms. The number of hydrogen-bond acceptors (Lipinski definition) is 0. The van der Waals surface area contributed by atoms with Crippen molar-refractivity contribution in [3.8, 4) is 0 Å². The molecule has 0 aliphatic rings. The van der Waals surface area contributed by atoms with Crippen molar-refractivity contribution in [1.82, 2.24) is 0 Å². The highest BCUT2D eigenvalue weighted by molar-refractivity contribution is 9.08. The second-order valence-corrected chi connectivity index (χ2v) is 3.41. The van der Waals surface area contributed by atoms with Crippen LogP contribution in [0.4, 0.5) is 4.39 Å². The minimum absolute atomic E-state index is 0.131. The molecule has 0 saturated carbocycles. The third kappa shape index (κ3) is 1.86. The van der Waals surface area contributed by atoms with Crippen molar-refractivity contribution < 1.29 is 4.39 Å². The highest BCUT2D eigenvalue weighted by atomic mass is 79.9. The zero-order chi connectivity index (χ0) is 9.14. The summed E-state index contributed by atoms with van der Waals surface area (Å²) in [4.78, 5) is 0. The maximum absolute atomic E-state index is 12.9. The molecular weight excluding hydrogens is 219 g/mol. The van der Waals surface area contributed by atoms with E-state index in [0.29, 0.717) is 0 Å². The molecule has 1 aromatic rings. The lowest BCUT2D eigenvalue weighted by Gasteiger charge is -2.08. The maximum atomic E-state index is 12.9. The van der Waals surface area contributed by atoms with Crippen LogP contribution in [0.5, 0.6) is 0 Å². The first-order valence-electron chi connectivity index (χ1n) is 4.03. The quantitative estimate of drug-likeness (QED) is 0.682. The molecule has 1 rings (SSSR count). The number of benzene rings is 1. The Labute approximate surface area is 80.9 Å². The third-order valence-corrected chi connectivity index (χ3v) is 2.61. The fourth-order valence-electron chi connectivity index (χ4n) is 1.35. The van der Waals surface area contributed by atoms with Gasteiger partial charge in [-0.1, -0.05) is 22.9 Å². The fourth-order valence-corrected chi connectivity index (χ4v) is 2.15. The van der Waals surface area contributed by atoms with E-state index in [-0.39, 0.29) is 5.82 Å². The SMILES string of the molecule is CCc1cc(F)cc(C)c1CBr. The second kappa shape index (κ2) is 4.04. The average Bonchev–Trinajstić information content (AvgIpc) is 2.03. The molecule has 0 aromatic heterocycles. The van der Waals surface area contributed by atoms with Gasteiger partial charge in [-0.2, -0.15) is 0 Å². The summed E-state index contributed by atoms with van der Waals surface area (Å²) in [6.45, 7) is 3.99. The molecule has 0 unspecified atom stereocenters. The molecule has 0 fully saturated rings. The first-order valence-corrected chi connectivity index (χ1v) is 5.15. The molecule has 0 saturated heterocycles. The molecule has 0 atom stereocenters. The van der Waals surface area contributed by atoms with Crippen LogP contribution in [0.25, 0.3) is 0 Å². The summed E-state index contributed by atoms with van der Waals surface area (Å²) in [5.74, 6) is -0.131. The maximum Gasteiger partial charge on any atom is 0.123 e. The van der Waals surface area contributed by atoms with Crippen LogP contribution in [-0.4, -0.2) is 0 Å². The summed E-state index contributed by atoms with van der Waals surface area (Å²) in [5.41, 5.74) is 3.35. The Morgan fingerprint density at radius 1 is 1.42 bits per heavy atom. The van der Waals surface area contributed by atoms with Crippen molar-refractivity contribution in [3.63, 3.8) is 0 Å². The van der Waals surface area contributed by atoms with E-state index in [1.807, 2.05) is 13.8 Å². The molecule has 1 aromatic carbocycles. The lowest BCUT2D eigenvalue weighted by atomic mass is 10.0. The summed E-state index contributed by atoms with van der Waals surface area (Å²) in [6, 6.07) is 3.19. The van der Waals surface area contributed by atoms with Gasteiger partial charge in [0.1, 0.15) is 5.82 Å².